The van der Waals surface area contributed by atoms with Gasteiger partial charge in [-0.2, -0.15) is 0 Å². The maximum atomic E-state index is 13.1. The van der Waals surface area contributed by atoms with Gasteiger partial charge < -0.3 is 9.80 Å². The van der Waals surface area contributed by atoms with Crippen LogP contribution in [0, 0.1) is 17.7 Å². The molecule has 2 saturated heterocycles. The maximum Gasteiger partial charge on any atom is 0.225 e. The first kappa shape index (κ1) is 16.2. The fourth-order valence-corrected chi connectivity index (χ4v) is 4.58. The molecule has 0 bridgehead atoms. The van der Waals surface area contributed by atoms with E-state index < -0.39 is 0 Å². The van der Waals surface area contributed by atoms with E-state index in [-0.39, 0.29) is 5.82 Å². The maximum absolute atomic E-state index is 13.1. The molecule has 0 N–H and O–H groups in total. The summed E-state index contributed by atoms with van der Waals surface area (Å²) in [5, 5.41) is 0. The van der Waals surface area contributed by atoms with Gasteiger partial charge in [0.2, 0.25) is 5.95 Å². The molecule has 3 aliphatic rings. The summed E-state index contributed by atoms with van der Waals surface area (Å²) in [6.45, 7) is 4.41. The van der Waals surface area contributed by atoms with Crippen LogP contribution in [0.15, 0.2) is 12.4 Å². The van der Waals surface area contributed by atoms with Crippen LogP contribution in [0.2, 0.25) is 0 Å². The van der Waals surface area contributed by atoms with Crippen molar-refractivity contribution in [3.63, 3.8) is 0 Å². The van der Waals surface area contributed by atoms with E-state index in [0.717, 1.165) is 25.6 Å². The molecular weight excluding hydrogens is 305 g/mol. The molecule has 3 atom stereocenters. The molecule has 0 aromatic carbocycles. The highest BCUT2D eigenvalue weighted by atomic mass is 19.1. The third kappa shape index (κ3) is 3.40. The average Bonchev–Trinajstić information content (AvgIpc) is 3.31. The lowest BCUT2D eigenvalue weighted by atomic mass is 9.92. The Morgan fingerprint density at radius 1 is 1.21 bits per heavy atom. The molecule has 2 aliphatic heterocycles. The highest BCUT2D eigenvalue weighted by Gasteiger charge is 2.45. The number of aromatic nitrogens is 2. The SMILES string of the molecule is CN(C)C[C@@H]1C[C@@H]2CN(c3ncc(F)cn3)CC[C@@H]2N1CC1CC1. The first-order valence-corrected chi connectivity index (χ1v) is 9.23. The van der Waals surface area contributed by atoms with Crippen molar-refractivity contribution in [3.8, 4) is 0 Å². The van der Waals surface area contributed by atoms with Crippen LogP contribution in [0.4, 0.5) is 10.3 Å². The second kappa shape index (κ2) is 6.56. The van der Waals surface area contributed by atoms with Gasteiger partial charge in [-0.1, -0.05) is 0 Å². The molecule has 0 spiro atoms. The molecule has 1 saturated carbocycles. The second-order valence-electron chi connectivity index (χ2n) is 8.06. The molecule has 24 heavy (non-hydrogen) atoms. The van der Waals surface area contributed by atoms with Gasteiger partial charge >= 0.3 is 0 Å². The number of anilines is 1. The summed E-state index contributed by atoms with van der Waals surface area (Å²) in [7, 11) is 4.35. The van der Waals surface area contributed by atoms with E-state index in [1.54, 1.807) is 0 Å². The van der Waals surface area contributed by atoms with Gasteiger partial charge in [-0.15, -0.1) is 0 Å². The first-order chi connectivity index (χ1) is 11.6. The van der Waals surface area contributed by atoms with E-state index in [1.165, 1.54) is 44.6 Å². The van der Waals surface area contributed by atoms with Crippen molar-refractivity contribution in [2.45, 2.75) is 37.8 Å². The van der Waals surface area contributed by atoms with Crippen LogP contribution in [-0.4, -0.2) is 72.1 Å². The quantitative estimate of drug-likeness (QED) is 0.822. The van der Waals surface area contributed by atoms with Crippen molar-refractivity contribution in [3.05, 3.63) is 18.2 Å². The normalized spacial score (nSPS) is 30.8. The highest BCUT2D eigenvalue weighted by molar-refractivity contribution is 5.30. The number of nitrogens with zero attached hydrogens (tertiary/aromatic N) is 5. The van der Waals surface area contributed by atoms with Crippen LogP contribution < -0.4 is 4.90 Å². The van der Waals surface area contributed by atoms with E-state index in [0.29, 0.717) is 23.9 Å². The number of halogens is 1. The lowest BCUT2D eigenvalue weighted by molar-refractivity contribution is 0.138. The van der Waals surface area contributed by atoms with Crippen molar-refractivity contribution < 1.29 is 4.39 Å². The fraction of sp³-hybridized carbons (Fsp3) is 0.778. The van der Waals surface area contributed by atoms with Crippen LogP contribution in [0.1, 0.15) is 25.7 Å². The Morgan fingerprint density at radius 3 is 2.62 bits per heavy atom. The summed E-state index contributed by atoms with van der Waals surface area (Å²) in [6.07, 6.45) is 7.81. The Hall–Kier alpha value is -1.27. The summed E-state index contributed by atoms with van der Waals surface area (Å²) in [5.74, 6) is 1.93. The number of rotatable bonds is 5. The minimum atomic E-state index is -0.365. The van der Waals surface area contributed by atoms with Crippen molar-refractivity contribution in [2.75, 3.05) is 45.2 Å². The van der Waals surface area contributed by atoms with Crippen molar-refractivity contribution in [1.29, 1.82) is 0 Å². The van der Waals surface area contributed by atoms with Crippen LogP contribution in [0.25, 0.3) is 0 Å². The largest absolute Gasteiger partial charge is 0.340 e. The minimum absolute atomic E-state index is 0.365. The lowest BCUT2D eigenvalue weighted by Gasteiger charge is -2.39. The standard InChI is InChI=1S/C18H28FN5/c1-22(2)12-16-7-14-11-23(18-20-8-15(19)9-21-18)6-5-17(14)24(16)10-13-3-4-13/h8-9,13-14,16-17H,3-7,10-12H2,1-2H3/t14-,16+,17+/m1/s1. The topological polar surface area (TPSA) is 35.5 Å². The van der Waals surface area contributed by atoms with Crippen LogP contribution in [0.3, 0.4) is 0 Å². The van der Waals surface area contributed by atoms with E-state index in [1.807, 2.05) is 0 Å². The Balaban J connectivity index is 1.46. The van der Waals surface area contributed by atoms with Gasteiger partial charge in [0.1, 0.15) is 0 Å². The molecule has 5 nitrogen and oxygen atoms in total. The molecule has 1 aromatic rings. The van der Waals surface area contributed by atoms with Gasteiger partial charge in [0, 0.05) is 38.3 Å². The molecule has 0 amide bonds. The Morgan fingerprint density at radius 2 is 1.96 bits per heavy atom. The van der Waals surface area contributed by atoms with Gasteiger partial charge in [-0.25, -0.2) is 14.4 Å². The molecule has 3 fully saturated rings. The van der Waals surface area contributed by atoms with E-state index in [2.05, 4.69) is 38.8 Å². The van der Waals surface area contributed by atoms with Gasteiger partial charge in [-0.05, 0) is 51.6 Å². The van der Waals surface area contributed by atoms with Gasteiger partial charge in [0.25, 0.3) is 0 Å². The molecule has 0 radical (unpaired) electrons. The number of hydrogen-bond donors (Lipinski definition) is 0. The van der Waals surface area contributed by atoms with Crippen LogP contribution >= 0.6 is 0 Å². The molecule has 132 valence electrons. The Kier molecular flexibility index (Phi) is 4.43. The minimum Gasteiger partial charge on any atom is -0.340 e. The summed E-state index contributed by atoms with van der Waals surface area (Å²) in [5.41, 5.74) is 0. The highest BCUT2D eigenvalue weighted by Crippen LogP contribution is 2.40. The summed E-state index contributed by atoms with van der Waals surface area (Å²) in [6, 6.07) is 1.37. The zero-order chi connectivity index (χ0) is 16.7. The molecule has 0 unspecified atom stereocenters. The predicted molar refractivity (Wildman–Crippen MR) is 92.5 cm³/mol. The average molecular weight is 333 g/mol. The molecule has 4 rings (SSSR count). The smallest absolute Gasteiger partial charge is 0.225 e. The third-order valence-electron chi connectivity index (χ3n) is 5.80. The van der Waals surface area contributed by atoms with E-state index >= 15 is 0 Å². The summed E-state index contributed by atoms with van der Waals surface area (Å²) >= 11 is 0. The second-order valence-corrected chi connectivity index (χ2v) is 8.06. The van der Waals surface area contributed by atoms with Gasteiger partial charge in [0.05, 0.1) is 12.4 Å². The number of piperidine rings is 1. The molecule has 6 heteroatoms. The number of likely N-dealkylation sites (N-methyl/N-ethyl adjacent to an activating group) is 1. The zero-order valence-corrected chi connectivity index (χ0v) is 14.7. The third-order valence-corrected chi connectivity index (χ3v) is 5.80. The zero-order valence-electron chi connectivity index (χ0n) is 14.7. The monoisotopic (exact) mass is 333 g/mol. The van der Waals surface area contributed by atoms with Crippen molar-refractivity contribution in [2.24, 2.45) is 11.8 Å². The fourth-order valence-electron chi connectivity index (χ4n) is 4.58. The van der Waals surface area contributed by atoms with Crippen LogP contribution in [0.5, 0.6) is 0 Å². The van der Waals surface area contributed by atoms with Crippen molar-refractivity contribution in [1.82, 2.24) is 19.8 Å². The van der Waals surface area contributed by atoms with E-state index in [9.17, 15) is 4.39 Å². The molecule has 3 heterocycles. The predicted octanol–water partition coefficient (Wildman–Crippen LogP) is 1.86. The molecule has 1 aliphatic carbocycles. The summed E-state index contributed by atoms with van der Waals surface area (Å²) in [4.78, 5) is 15.7. The number of likely N-dealkylation sites (tertiary alicyclic amines) is 1. The molecule has 1 aromatic heterocycles. The first-order valence-electron chi connectivity index (χ1n) is 9.23. The van der Waals surface area contributed by atoms with Crippen LogP contribution in [-0.2, 0) is 0 Å². The summed E-state index contributed by atoms with van der Waals surface area (Å²) < 4.78 is 13.1. The van der Waals surface area contributed by atoms with E-state index in [4.69, 9.17) is 0 Å². The van der Waals surface area contributed by atoms with Gasteiger partial charge in [0.15, 0.2) is 5.82 Å². The Labute approximate surface area is 143 Å². The Bertz CT molecular complexity index is 559. The number of fused-ring (bicyclic) bond motifs is 1. The van der Waals surface area contributed by atoms with Gasteiger partial charge in [-0.3, -0.25) is 4.90 Å². The molecular formula is C18H28FN5. The van der Waals surface area contributed by atoms with Crippen molar-refractivity contribution >= 4 is 5.95 Å². The number of hydrogen-bond acceptors (Lipinski definition) is 5. The lowest BCUT2D eigenvalue weighted by Crippen LogP contribution is -2.49.